The molecule has 0 spiro atoms. The summed E-state index contributed by atoms with van der Waals surface area (Å²) in [6.45, 7) is 5.68. The molecule has 1 aliphatic heterocycles. The Morgan fingerprint density at radius 3 is 2.82 bits per heavy atom. The van der Waals surface area contributed by atoms with Gasteiger partial charge in [0, 0.05) is 18.2 Å². The van der Waals surface area contributed by atoms with Crippen LogP contribution >= 0.6 is 0 Å². The number of hydrogen-bond donors (Lipinski definition) is 0. The first kappa shape index (κ1) is 13.8. The molecule has 1 saturated carbocycles. The first-order valence-electron chi connectivity index (χ1n) is 8.06. The van der Waals surface area contributed by atoms with Gasteiger partial charge in [-0.1, -0.05) is 11.2 Å². The molecule has 4 rings (SSSR count). The average Bonchev–Trinajstić information content (AvgIpc) is 3.10. The third-order valence-electron chi connectivity index (χ3n) is 4.33. The van der Waals surface area contributed by atoms with Gasteiger partial charge in [0.1, 0.15) is 17.1 Å². The van der Waals surface area contributed by atoms with Crippen LogP contribution in [0.3, 0.4) is 0 Å². The van der Waals surface area contributed by atoms with Crippen LogP contribution in [-0.4, -0.2) is 28.2 Å². The fourth-order valence-corrected chi connectivity index (χ4v) is 2.92. The number of hydrogen-bond acceptors (Lipinski definition) is 4. The van der Waals surface area contributed by atoms with Crippen molar-refractivity contribution < 1.29 is 9.26 Å². The van der Waals surface area contributed by atoms with E-state index in [2.05, 4.69) is 30.2 Å². The highest BCUT2D eigenvalue weighted by Crippen LogP contribution is 2.46. The van der Waals surface area contributed by atoms with Crippen molar-refractivity contribution in [3.8, 4) is 11.4 Å². The SMILES string of the molecule is CC(C)n1ccc(-c2noc(C3CC3)c2C2=CCOCC2)n1. The molecule has 0 unspecified atom stereocenters. The molecule has 0 bridgehead atoms. The van der Waals surface area contributed by atoms with E-state index < -0.39 is 0 Å². The summed E-state index contributed by atoms with van der Waals surface area (Å²) in [6.07, 6.45) is 7.48. The summed E-state index contributed by atoms with van der Waals surface area (Å²) in [7, 11) is 0. The van der Waals surface area contributed by atoms with E-state index in [4.69, 9.17) is 9.26 Å². The smallest absolute Gasteiger partial charge is 0.148 e. The Morgan fingerprint density at radius 2 is 2.18 bits per heavy atom. The van der Waals surface area contributed by atoms with Gasteiger partial charge in [-0.25, -0.2) is 0 Å². The van der Waals surface area contributed by atoms with Crippen LogP contribution in [0.15, 0.2) is 22.9 Å². The van der Waals surface area contributed by atoms with Crippen molar-refractivity contribution in [3.63, 3.8) is 0 Å². The Hall–Kier alpha value is -1.88. The van der Waals surface area contributed by atoms with Gasteiger partial charge in [-0.3, -0.25) is 4.68 Å². The number of ether oxygens (including phenoxy) is 1. The highest BCUT2D eigenvalue weighted by Gasteiger charge is 2.34. The van der Waals surface area contributed by atoms with Crippen molar-refractivity contribution in [2.75, 3.05) is 13.2 Å². The third-order valence-corrected chi connectivity index (χ3v) is 4.33. The molecular formula is C17H21N3O2. The maximum Gasteiger partial charge on any atom is 0.148 e. The van der Waals surface area contributed by atoms with E-state index in [0.717, 1.165) is 30.2 Å². The first-order chi connectivity index (χ1) is 10.7. The molecule has 5 heteroatoms. The zero-order valence-corrected chi connectivity index (χ0v) is 13.1. The molecule has 116 valence electrons. The molecule has 0 amide bonds. The monoisotopic (exact) mass is 299 g/mol. The van der Waals surface area contributed by atoms with Gasteiger partial charge in [-0.15, -0.1) is 0 Å². The van der Waals surface area contributed by atoms with E-state index in [1.54, 1.807) is 0 Å². The lowest BCUT2D eigenvalue weighted by Crippen LogP contribution is -2.05. The Bertz CT molecular complexity index is 707. The molecule has 2 aromatic heterocycles. The van der Waals surface area contributed by atoms with Crippen molar-refractivity contribution in [2.45, 2.75) is 45.1 Å². The Labute approximate surface area is 129 Å². The summed E-state index contributed by atoms with van der Waals surface area (Å²) in [6, 6.07) is 2.37. The molecule has 0 atom stereocenters. The lowest BCUT2D eigenvalue weighted by Gasteiger charge is -2.14. The molecule has 0 radical (unpaired) electrons. The van der Waals surface area contributed by atoms with Gasteiger partial charge >= 0.3 is 0 Å². The Morgan fingerprint density at radius 1 is 1.32 bits per heavy atom. The highest BCUT2D eigenvalue weighted by atomic mass is 16.5. The Kier molecular flexibility index (Phi) is 3.37. The molecule has 1 aliphatic carbocycles. The summed E-state index contributed by atoms with van der Waals surface area (Å²) in [4.78, 5) is 0. The molecule has 0 aromatic carbocycles. The molecule has 0 saturated heterocycles. The number of nitrogens with zero attached hydrogens (tertiary/aromatic N) is 3. The predicted molar refractivity (Wildman–Crippen MR) is 83.5 cm³/mol. The molecule has 0 N–H and O–H groups in total. The van der Waals surface area contributed by atoms with Crippen LogP contribution in [-0.2, 0) is 4.74 Å². The standard InChI is InChI=1S/C17H21N3O2/c1-11(2)20-8-5-14(18-20)16-15(12-6-9-21-10-7-12)17(22-19-16)13-3-4-13/h5-6,8,11,13H,3-4,7,9-10H2,1-2H3. The molecule has 2 aliphatic rings. The summed E-state index contributed by atoms with van der Waals surface area (Å²) in [5.41, 5.74) is 4.24. The maximum atomic E-state index is 5.72. The van der Waals surface area contributed by atoms with E-state index in [9.17, 15) is 0 Å². The molecule has 2 aromatic rings. The minimum atomic E-state index is 0.342. The van der Waals surface area contributed by atoms with Crippen molar-refractivity contribution in [2.24, 2.45) is 0 Å². The minimum absolute atomic E-state index is 0.342. The summed E-state index contributed by atoms with van der Waals surface area (Å²) in [5.74, 6) is 1.58. The van der Waals surface area contributed by atoms with E-state index in [0.29, 0.717) is 18.6 Å². The maximum absolute atomic E-state index is 5.72. The van der Waals surface area contributed by atoms with Crippen molar-refractivity contribution in [1.82, 2.24) is 14.9 Å². The van der Waals surface area contributed by atoms with Crippen LogP contribution in [0.5, 0.6) is 0 Å². The fraction of sp³-hybridized carbons (Fsp3) is 0.529. The minimum Gasteiger partial charge on any atom is -0.377 e. The summed E-state index contributed by atoms with van der Waals surface area (Å²) >= 11 is 0. The van der Waals surface area contributed by atoms with Crippen LogP contribution in [0, 0.1) is 0 Å². The molecule has 5 nitrogen and oxygen atoms in total. The van der Waals surface area contributed by atoms with Crippen LogP contribution in [0.4, 0.5) is 0 Å². The van der Waals surface area contributed by atoms with Crippen LogP contribution in [0.25, 0.3) is 17.0 Å². The predicted octanol–water partition coefficient (Wildman–Crippen LogP) is 3.80. The lowest BCUT2D eigenvalue weighted by molar-refractivity contribution is 0.161. The van der Waals surface area contributed by atoms with Crippen molar-refractivity contribution in [1.29, 1.82) is 0 Å². The van der Waals surface area contributed by atoms with Crippen LogP contribution in [0.1, 0.15) is 56.4 Å². The second-order valence-electron chi connectivity index (χ2n) is 6.37. The van der Waals surface area contributed by atoms with Gasteiger partial charge in [-0.2, -0.15) is 5.10 Å². The van der Waals surface area contributed by atoms with Gasteiger partial charge in [0.2, 0.25) is 0 Å². The quantitative estimate of drug-likeness (QED) is 0.861. The largest absolute Gasteiger partial charge is 0.377 e. The topological polar surface area (TPSA) is 53.1 Å². The lowest BCUT2D eigenvalue weighted by atomic mass is 9.96. The first-order valence-corrected chi connectivity index (χ1v) is 8.06. The van der Waals surface area contributed by atoms with Gasteiger partial charge in [0.05, 0.1) is 18.8 Å². The highest BCUT2D eigenvalue weighted by molar-refractivity contribution is 5.79. The number of rotatable bonds is 4. The second-order valence-corrected chi connectivity index (χ2v) is 6.37. The van der Waals surface area contributed by atoms with Crippen LogP contribution in [0.2, 0.25) is 0 Å². The number of aromatic nitrogens is 3. The second kappa shape index (κ2) is 5.39. The zero-order valence-electron chi connectivity index (χ0n) is 13.1. The van der Waals surface area contributed by atoms with Crippen molar-refractivity contribution in [3.05, 3.63) is 29.7 Å². The van der Waals surface area contributed by atoms with Crippen molar-refractivity contribution >= 4 is 5.57 Å². The van der Waals surface area contributed by atoms with E-state index >= 15 is 0 Å². The van der Waals surface area contributed by atoms with E-state index in [1.165, 1.54) is 24.0 Å². The average molecular weight is 299 g/mol. The molecular weight excluding hydrogens is 278 g/mol. The van der Waals surface area contributed by atoms with E-state index in [1.807, 2.05) is 16.9 Å². The fourth-order valence-electron chi connectivity index (χ4n) is 2.92. The zero-order chi connectivity index (χ0) is 15.1. The summed E-state index contributed by atoms with van der Waals surface area (Å²) in [5, 5.41) is 9.03. The molecule has 22 heavy (non-hydrogen) atoms. The summed E-state index contributed by atoms with van der Waals surface area (Å²) < 4.78 is 13.1. The van der Waals surface area contributed by atoms with Crippen LogP contribution < -0.4 is 0 Å². The Balaban J connectivity index is 1.79. The molecule has 3 heterocycles. The molecule has 1 fully saturated rings. The van der Waals surface area contributed by atoms with Gasteiger partial charge in [0.25, 0.3) is 0 Å². The normalized spacial score (nSPS) is 18.8. The van der Waals surface area contributed by atoms with E-state index in [-0.39, 0.29) is 0 Å². The van der Waals surface area contributed by atoms with Gasteiger partial charge in [0.15, 0.2) is 0 Å². The van der Waals surface area contributed by atoms with Gasteiger partial charge < -0.3 is 9.26 Å². The van der Waals surface area contributed by atoms with Gasteiger partial charge in [-0.05, 0) is 44.7 Å². The third kappa shape index (κ3) is 2.39.